The molecule has 3 N–H and O–H groups in total. The number of urea groups is 1. The summed E-state index contributed by atoms with van der Waals surface area (Å²) >= 11 is 0. The molecule has 0 radical (unpaired) electrons. The van der Waals surface area contributed by atoms with Gasteiger partial charge in [-0.15, -0.1) is 0 Å². The smallest absolute Gasteiger partial charge is 0.335 e. The molecule has 1 aromatic carbocycles. The van der Waals surface area contributed by atoms with Gasteiger partial charge in [-0.1, -0.05) is 0 Å². The van der Waals surface area contributed by atoms with Crippen molar-refractivity contribution in [3.8, 4) is 0 Å². The predicted molar refractivity (Wildman–Crippen MR) is 80.8 cm³/mol. The van der Waals surface area contributed by atoms with Gasteiger partial charge in [-0.05, 0) is 37.1 Å². The van der Waals surface area contributed by atoms with Crippen LogP contribution in [0.2, 0.25) is 0 Å². The zero-order valence-electron chi connectivity index (χ0n) is 12.3. The monoisotopic (exact) mass is 305 g/mol. The molecule has 0 saturated carbocycles. The van der Waals surface area contributed by atoms with Crippen molar-refractivity contribution in [1.82, 2.24) is 10.2 Å². The molecule has 1 heterocycles. The molecule has 22 heavy (non-hydrogen) atoms. The number of rotatable bonds is 3. The molecule has 0 aliphatic carbocycles. The van der Waals surface area contributed by atoms with Gasteiger partial charge in [0.25, 0.3) is 0 Å². The SMILES string of the molecule is CC(=O)N1CCC(NC(=O)Nc2ccc(C(=O)O)cc2)CC1. The highest BCUT2D eigenvalue weighted by Crippen LogP contribution is 2.12. The van der Waals surface area contributed by atoms with Gasteiger partial charge in [-0.25, -0.2) is 9.59 Å². The van der Waals surface area contributed by atoms with E-state index in [-0.39, 0.29) is 23.5 Å². The molecule has 0 spiro atoms. The summed E-state index contributed by atoms with van der Waals surface area (Å²) in [6.07, 6.45) is 1.45. The molecule has 0 aromatic heterocycles. The van der Waals surface area contributed by atoms with Gasteiger partial charge in [0.1, 0.15) is 0 Å². The first-order valence-corrected chi connectivity index (χ1v) is 7.12. The second-order valence-corrected chi connectivity index (χ2v) is 5.26. The molecule has 3 amide bonds. The maximum atomic E-state index is 11.9. The van der Waals surface area contributed by atoms with E-state index in [4.69, 9.17) is 5.11 Å². The van der Waals surface area contributed by atoms with Crippen molar-refractivity contribution in [2.45, 2.75) is 25.8 Å². The van der Waals surface area contributed by atoms with Gasteiger partial charge >= 0.3 is 12.0 Å². The summed E-state index contributed by atoms with van der Waals surface area (Å²) < 4.78 is 0. The molecule has 1 aliphatic heterocycles. The molecular weight excluding hydrogens is 286 g/mol. The van der Waals surface area contributed by atoms with Gasteiger partial charge in [-0.2, -0.15) is 0 Å². The molecule has 118 valence electrons. The summed E-state index contributed by atoms with van der Waals surface area (Å²) in [5, 5.41) is 14.3. The highest BCUT2D eigenvalue weighted by molar-refractivity contribution is 5.91. The van der Waals surface area contributed by atoms with E-state index in [0.29, 0.717) is 18.8 Å². The second kappa shape index (κ2) is 6.93. The summed E-state index contributed by atoms with van der Waals surface area (Å²) in [7, 11) is 0. The molecule has 1 aliphatic rings. The zero-order chi connectivity index (χ0) is 16.1. The van der Waals surface area contributed by atoms with E-state index in [1.54, 1.807) is 24.0 Å². The van der Waals surface area contributed by atoms with Crippen LogP contribution in [0, 0.1) is 0 Å². The van der Waals surface area contributed by atoms with Crippen LogP contribution in [0.4, 0.5) is 10.5 Å². The first-order chi connectivity index (χ1) is 10.5. The highest BCUT2D eigenvalue weighted by Gasteiger charge is 2.21. The van der Waals surface area contributed by atoms with Crippen molar-refractivity contribution < 1.29 is 19.5 Å². The third kappa shape index (κ3) is 4.21. The van der Waals surface area contributed by atoms with Gasteiger partial charge in [0, 0.05) is 31.7 Å². The fourth-order valence-electron chi connectivity index (χ4n) is 2.39. The van der Waals surface area contributed by atoms with Crippen molar-refractivity contribution in [1.29, 1.82) is 0 Å². The third-order valence-electron chi connectivity index (χ3n) is 3.67. The van der Waals surface area contributed by atoms with Crippen LogP contribution >= 0.6 is 0 Å². The maximum Gasteiger partial charge on any atom is 0.335 e. The number of likely N-dealkylation sites (tertiary alicyclic amines) is 1. The number of amides is 3. The van der Waals surface area contributed by atoms with E-state index >= 15 is 0 Å². The molecule has 7 nitrogen and oxygen atoms in total. The Balaban J connectivity index is 1.81. The Morgan fingerprint density at radius 2 is 1.73 bits per heavy atom. The molecule has 7 heteroatoms. The topological polar surface area (TPSA) is 98.7 Å². The van der Waals surface area contributed by atoms with Crippen molar-refractivity contribution >= 4 is 23.6 Å². The van der Waals surface area contributed by atoms with E-state index in [9.17, 15) is 14.4 Å². The summed E-state index contributed by atoms with van der Waals surface area (Å²) in [6, 6.07) is 5.66. The lowest BCUT2D eigenvalue weighted by molar-refractivity contribution is -0.129. The Hall–Kier alpha value is -2.57. The Bertz CT molecular complexity index is 563. The number of benzene rings is 1. The maximum absolute atomic E-state index is 11.9. The quantitative estimate of drug-likeness (QED) is 0.788. The number of piperidine rings is 1. The Kier molecular flexibility index (Phi) is 4.98. The lowest BCUT2D eigenvalue weighted by Crippen LogP contribution is -2.47. The largest absolute Gasteiger partial charge is 0.478 e. The molecule has 0 unspecified atom stereocenters. The predicted octanol–water partition coefficient (Wildman–Crippen LogP) is 1.52. The van der Waals surface area contributed by atoms with Crippen molar-refractivity contribution in [3.05, 3.63) is 29.8 Å². The number of anilines is 1. The first-order valence-electron chi connectivity index (χ1n) is 7.12. The molecule has 1 fully saturated rings. The van der Waals surface area contributed by atoms with Crippen LogP contribution in [-0.4, -0.2) is 47.0 Å². The lowest BCUT2D eigenvalue weighted by atomic mass is 10.1. The molecule has 1 saturated heterocycles. The van der Waals surface area contributed by atoms with Crippen molar-refractivity contribution in [2.75, 3.05) is 18.4 Å². The number of hydrogen-bond donors (Lipinski definition) is 3. The average Bonchev–Trinajstić information content (AvgIpc) is 2.48. The van der Waals surface area contributed by atoms with Gasteiger partial charge < -0.3 is 20.6 Å². The molecule has 1 aromatic rings. The summed E-state index contributed by atoms with van der Waals surface area (Å²) in [6.45, 7) is 2.84. The number of carbonyl (C=O) groups is 3. The third-order valence-corrected chi connectivity index (χ3v) is 3.67. The Morgan fingerprint density at radius 1 is 1.14 bits per heavy atom. The van der Waals surface area contributed by atoms with Crippen LogP contribution in [0.1, 0.15) is 30.1 Å². The van der Waals surface area contributed by atoms with E-state index in [0.717, 1.165) is 12.8 Å². The molecule has 0 bridgehead atoms. The average molecular weight is 305 g/mol. The summed E-state index contributed by atoms with van der Waals surface area (Å²) in [5.74, 6) is -0.949. The number of hydrogen-bond acceptors (Lipinski definition) is 3. The number of carbonyl (C=O) groups excluding carboxylic acids is 2. The molecule has 2 rings (SSSR count). The minimum absolute atomic E-state index is 0.0360. The standard InChI is InChI=1S/C15H19N3O4/c1-10(19)18-8-6-13(7-9-18)17-15(22)16-12-4-2-11(3-5-12)14(20)21/h2-5,13H,6-9H2,1H3,(H,20,21)(H2,16,17,22). The van der Waals surface area contributed by atoms with Crippen LogP contribution in [0.3, 0.4) is 0 Å². The zero-order valence-corrected chi connectivity index (χ0v) is 12.3. The normalized spacial score (nSPS) is 15.2. The van der Waals surface area contributed by atoms with Crippen LogP contribution in [0.15, 0.2) is 24.3 Å². The van der Waals surface area contributed by atoms with E-state index in [1.165, 1.54) is 12.1 Å². The van der Waals surface area contributed by atoms with Gasteiger partial charge in [0.15, 0.2) is 0 Å². The molecule has 0 atom stereocenters. The van der Waals surface area contributed by atoms with Crippen LogP contribution in [0.5, 0.6) is 0 Å². The minimum atomic E-state index is -1.01. The fourth-order valence-corrected chi connectivity index (χ4v) is 2.39. The summed E-state index contributed by atoms with van der Waals surface area (Å²) in [4.78, 5) is 35.6. The van der Waals surface area contributed by atoms with E-state index in [2.05, 4.69) is 10.6 Å². The van der Waals surface area contributed by atoms with Crippen molar-refractivity contribution in [3.63, 3.8) is 0 Å². The van der Waals surface area contributed by atoms with Crippen molar-refractivity contribution in [2.24, 2.45) is 0 Å². The number of carboxylic acid groups (broad SMARTS) is 1. The Labute approximate surface area is 128 Å². The Morgan fingerprint density at radius 3 is 2.23 bits per heavy atom. The second-order valence-electron chi connectivity index (χ2n) is 5.26. The van der Waals surface area contributed by atoms with Crippen LogP contribution in [0.25, 0.3) is 0 Å². The number of nitrogens with one attached hydrogen (secondary N) is 2. The van der Waals surface area contributed by atoms with Crippen LogP contribution in [-0.2, 0) is 4.79 Å². The van der Waals surface area contributed by atoms with Gasteiger partial charge in [-0.3, -0.25) is 4.79 Å². The highest BCUT2D eigenvalue weighted by atomic mass is 16.4. The first kappa shape index (κ1) is 15.8. The van der Waals surface area contributed by atoms with Gasteiger partial charge in [0.05, 0.1) is 5.56 Å². The minimum Gasteiger partial charge on any atom is -0.478 e. The van der Waals surface area contributed by atoms with Gasteiger partial charge in [0.2, 0.25) is 5.91 Å². The lowest BCUT2D eigenvalue weighted by Gasteiger charge is -2.31. The number of aromatic carboxylic acids is 1. The molecular formula is C15H19N3O4. The summed E-state index contributed by atoms with van der Waals surface area (Å²) in [5.41, 5.74) is 0.700. The fraction of sp³-hybridized carbons (Fsp3) is 0.400. The number of nitrogens with zero attached hydrogens (tertiary/aromatic N) is 1. The van der Waals surface area contributed by atoms with E-state index in [1.807, 2.05) is 0 Å². The van der Waals surface area contributed by atoms with E-state index < -0.39 is 5.97 Å². The number of carboxylic acids is 1. The van der Waals surface area contributed by atoms with Crippen LogP contribution < -0.4 is 10.6 Å².